The number of morpholine rings is 1. The van der Waals surface area contributed by atoms with E-state index in [4.69, 9.17) is 4.74 Å². The fourth-order valence-electron chi connectivity index (χ4n) is 3.06. The van der Waals surface area contributed by atoms with Crippen molar-refractivity contribution in [2.45, 2.75) is 20.0 Å². The number of hydrogen-bond acceptors (Lipinski definition) is 5. The van der Waals surface area contributed by atoms with Crippen LogP contribution in [0.4, 0.5) is 5.69 Å². The van der Waals surface area contributed by atoms with Gasteiger partial charge in [-0.15, -0.1) is 0 Å². The molecule has 0 aliphatic carbocycles. The van der Waals surface area contributed by atoms with Gasteiger partial charge >= 0.3 is 0 Å². The van der Waals surface area contributed by atoms with E-state index >= 15 is 0 Å². The molecule has 1 saturated heterocycles. The molecule has 1 aliphatic rings. The highest BCUT2D eigenvalue weighted by molar-refractivity contribution is 5.95. The summed E-state index contributed by atoms with van der Waals surface area (Å²) >= 11 is 0. The second-order valence-electron chi connectivity index (χ2n) is 6.49. The molecular weight excluding hydrogens is 326 g/mol. The standard InChI is InChI=1S/C21H23N3O2/c1-16(25)19-5-6-20(13-22)21(12-19)23-14-17-3-2-4-18(11-17)15-24-7-9-26-10-8-24/h2-6,11-12,23H,7-10,14-15H2,1H3. The Balaban J connectivity index is 1.68. The first-order valence-corrected chi connectivity index (χ1v) is 8.82. The van der Waals surface area contributed by atoms with Crippen molar-refractivity contribution in [2.24, 2.45) is 0 Å². The van der Waals surface area contributed by atoms with E-state index < -0.39 is 0 Å². The molecule has 0 radical (unpaired) electrons. The first kappa shape index (κ1) is 18.1. The molecule has 2 aromatic rings. The van der Waals surface area contributed by atoms with Crippen LogP contribution in [0.5, 0.6) is 0 Å². The van der Waals surface area contributed by atoms with Gasteiger partial charge in [-0.05, 0) is 36.2 Å². The normalized spacial score (nSPS) is 14.6. The van der Waals surface area contributed by atoms with Crippen molar-refractivity contribution in [1.82, 2.24) is 4.90 Å². The molecule has 0 amide bonds. The van der Waals surface area contributed by atoms with Crippen molar-refractivity contribution in [1.29, 1.82) is 5.26 Å². The van der Waals surface area contributed by atoms with Gasteiger partial charge in [-0.3, -0.25) is 9.69 Å². The number of ketones is 1. The van der Waals surface area contributed by atoms with E-state index in [-0.39, 0.29) is 5.78 Å². The lowest BCUT2D eigenvalue weighted by molar-refractivity contribution is 0.0342. The van der Waals surface area contributed by atoms with Crippen molar-refractivity contribution in [2.75, 3.05) is 31.6 Å². The van der Waals surface area contributed by atoms with Gasteiger partial charge in [0.15, 0.2) is 5.78 Å². The van der Waals surface area contributed by atoms with Crippen molar-refractivity contribution in [3.05, 3.63) is 64.7 Å². The Hall–Kier alpha value is -2.68. The molecule has 0 spiro atoms. The van der Waals surface area contributed by atoms with E-state index in [2.05, 4.69) is 40.6 Å². The number of nitrogens with zero attached hydrogens (tertiary/aromatic N) is 2. The van der Waals surface area contributed by atoms with Crippen LogP contribution < -0.4 is 5.32 Å². The number of hydrogen-bond donors (Lipinski definition) is 1. The third kappa shape index (κ3) is 4.69. The van der Waals surface area contributed by atoms with Crippen LogP contribution in [-0.2, 0) is 17.8 Å². The van der Waals surface area contributed by atoms with Crippen LogP contribution in [-0.4, -0.2) is 37.0 Å². The zero-order valence-corrected chi connectivity index (χ0v) is 15.0. The quantitative estimate of drug-likeness (QED) is 0.811. The Morgan fingerprint density at radius 3 is 2.69 bits per heavy atom. The Labute approximate surface area is 154 Å². The van der Waals surface area contributed by atoms with E-state index in [0.717, 1.165) is 38.4 Å². The Morgan fingerprint density at radius 2 is 1.96 bits per heavy atom. The SMILES string of the molecule is CC(=O)c1ccc(C#N)c(NCc2cccc(CN3CCOCC3)c2)c1. The summed E-state index contributed by atoms with van der Waals surface area (Å²) in [5, 5.41) is 12.6. The summed E-state index contributed by atoms with van der Waals surface area (Å²) in [5.41, 5.74) is 4.25. The number of carbonyl (C=O) groups excluding carboxylic acids is 1. The highest BCUT2D eigenvalue weighted by Crippen LogP contribution is 2.19. The summed E-state index contributed by atoms with van der Waals surface area (Å²) in [6, 6.07) is 15.7. The maximum atomic E-state index is 11.6. The Morgan fingerprint density at radius 1 is 1.19 bits per heavy atom. The van der Waals surface area contributed by atoms with E-state index in [9.17, 15) is 10.1 Å². The zero-order valence-electron chi connectivity index (χ0n) is 15.0. The number of benzene rings is 2. The number of anilines is 1. The number of nitriles is 1. The summed E-state index contributed by atoms with van der Waals surface area (Å²) in [6.07, 6.45) is 0. The van der Waals surface area contributed by atoms with Crippen molar-refractivity contribution in [3.63, 3.8) is 0 Å². The second-order valence-corrected chi connectivity index (χ2v) is 6.49. The lowest BCUT2D eigenvalue weighted by Crippen LogP contribution is -2.35. The van der Waals surface area contributed by atoms with Crippen LogP contribution in [0.25, 0.3) is 0 Å². The van der Waals surface area contributed by atoms with Crippen LogP contribution in [0.15, 0.2) is 42.5 Å². The molecule has 1 aliphatic heterocycles. The third-order valence-electron chi connectivity index (χ3n) is 4.53. The fourth-order valence-corrected chi connectivity index (χ4v) is 3.06. The highest BCUT2D eigenvalue weighted by atomic mass is 16.5. The molecular formula is C21H23N3O2. The first-order valence-electron chi connectivity index (χ1n) is 8.82. The predicted molar refractivity (Wildman–Crippen MR) is 101 cm³/mol. The minimum absolute atomic E-state index is 0.00921. The summed E-state index contributed by atoms with van der Waals surface area (Å²) in [6.45, 7) is 6.57. The molecule has 1 fully saturated rings. The number of rotatable bonds is 6. The molecule has 5 nitrogen and oxygen atoms in total. The number of carbonyl (C=O) groups is 1. The molecule has 26 heavy (non-hydrogen) atoms. The number of Topliss-reactive ketones (excluding diaryl/α,β-unsaturated/α-hetero) is 1. The van der Waals surface area contributed by atoms with Gasteiger partial charge in [-0.2, -0.15) is 5.26 Å². The molecule has 134 valence electrons. The predicted octanol–water partition coefficient (Wildman–Crippen LogP) is 3.21. The lowest BCUT2D eigenvalue weighted by Gasteiger charge is -2.26. The Kier molecular flexibility index (Phi) is 6.00. The number of nitrogens with one attached hydrogen (secondary N) is 1. The molecule has 0 saturated carbocycles. The average molecular weight is 349 g/mol. The average Bonchev–Trinajstić information content (AvgIpc) is 2.67. The zero-order chi connectivity index (χ0) is 18.4. The Bertz CT molecular complexity index is 820. The molecule has 3 rings (SSSR count). The minimum Gasteiger partial charge on any atom is -0.380 e. The summed E-state index contributed by atoms with van der Waals surface area (Å²) in [4.78, 5) is 14.0. The molecule has 0 unspecified atom stereocenters. The molecule has 0 aromatic heterocycles. The van der Waals surface area contributed by atoms with E-state index in [1.807, 2.05) is 0 Å². The van der Waals surface area contributed by atoms with Gasteiger partial charge in [-0.25, -0.2) is 0 Å². The van der Waals surface area contributed by atoms with Crippen LogP contribution in [0.2, 0.25) is 0 Å². The lowest BCUT2D eigenvalue weighted by atomic mass is 10.1. The topological polar surface area (TPSA) is 65.4 Å². The summed E-state index contributed by atoms with van der Waals surface area (Å²) < 4.78 is 5.39. The van der Waals surface area contributed by atoms with Gasteiger partial charge < -0.3 is 10.1 Å². The molecule has 5 heteroatoms. The highest BCUT2D eigenvalue weighted by Gasteiger charge is 2.11. The smallest absolute Gasteiger partial charge is 0.159 e. The van der Waals surface area contributed by atoms with Crippen LogP contribution in [0.3, 0.4) is 0 Å². The maximum absolute atomic E-state index is 11.6. The van der Waals surface area contributed by atoms with E-state index in [1.165, 1.54) is 12.5 Å². The molecule has 2 aromatic carbocycles. The van der Waals surface area contributed by atoms with Gasteiger partial charge in [0.25, 0.3) is 0 Å². The minimum atomic E-state index is -0.00921. The van der Waals surface area contributed by atoms with E-state index in [1.54, 1.807) is 18.2 Å². The third-order valence-corrected chi connectivity index (χ3v) is 4.53. The first-order chi connectivity index (χ1) is 12.7. The largest absolute Gasteiger partial charge is 0.380 e. The van der Waals surface area contributed by atoms with Crippen LogP contribution in [0.1, 0.15) is 34.0 Å². The maximum Gasteiger partial charge on any atom is 0.159 e. The molecule has 0 bridgehead atoms. The van der Waals surface area contributed by atoms with Gasteiger partial charge in [0, 0.05) is 31.7 Å². The number of ether oxygens (including phenoxy) is 1. The molecule has 1 N–H and O–H groups in total. The van der Waals surface area contributed by atoms with Crippen molar-refractivity contribution < 1.29 is 9.53 Å². The van der Waals surface area contributed by atoms with E-state index in [0.29, 0.717) is 23.4 Å². The van der Waals surface area contributed by atoms with Crippen LogP contribution in [0, 0.1) is 11.3 Å². The van der Waals surface area contributed by atoms with Gasteiger partial charge in [0.2, 0.25) is 0 Å². The molecule has 0 atom stereocenters. The van der Waals surface area contributed by atoms with Gasteiger partial charge in [0.1, 0.15) is 6.07 Å². The second kappa shape index (κ2) is 8.61. The van der Waals surface area contributed by atoms with Crippen molar-refractivity contribution in [3.8, 4) is 6.07 Å². The summed E-state index contributed by atoms with van der Waals surface area (Å²) in [5.74, 6) is -0.00921. The van der Waals surface area contributed by atoms with Crippen LogP contribution >= 0.6 is 0 Å². The molecule has 1 heterocycles. The fraction of sp³-hybridized carbons (Fsp3) is 0.333. The van der Waals surface area contributed by atoms with Gasteiger partial charge in [-0.1, -0.05) is 24.3 Å². The van der Waals surface area contributed by atoms with Gasteiger partial charge in [0.05, 0.1) is 24.5 Å². The summed E-state index contributed by atoms with van der Waals surface area (Å²) in [7, 11) is 0. The van der Waals surface area contributed by atoms with Crippen molar-refractivity contribution >= 4 is 11.5 Å². The monoisotopic (exact) mass is 349 g/mol.